The quantitative estimate of drug-likeness (QED) is 0.670. The zero-order valence-corrected chi connectivity index (χ0v) is 11.6. The molecule has 0 amide bonds. The molecule has 2 aliphatic heterocycles. The average Bonchev–Trinajstić information content (AvgIpc) is 2.94. The molecule has 0 radical (unpaired) electrons. The van der Waals surface area contributed by atoms with Crippen molar-refractivity contribution < 1.29 is 22.8 Å². The van der Waals surface area contributed by atoms with Crippen LogP contribution in [0.5, 0.6) is 0 Å². The summed E-state index contributed by atoms with van der Waals surface area (Å²) >= 11 is 0. The van der Waals surface area contributed by atoms with Crippen molar-refractivity contribution in [2.45, 2.75) is 29.6 Å². The van der Waals surface area contributed by atoms with E-state index in [9.17, 15) is 13.5 Å². The maximum absolute atomic E-state index is 11.0. The first kappa shape index (κ1) is 14.0. The zero-order chi connectivity index (χ0) is 14.3. The van der Waals surface area contributed by atoms with Crippen molar-refractivity contribution in [1.82, 2.24) is 5.32 Å². The summed E-state index contributed by atoms with van der Waals surface area (Å²) in [5.74, 6) is 0.258. The molecule has 1 aromatic rings. The van der Waals surface area contributed by atoms with Gasteiger partial charge in [-0.1, -0.05) is 12.1 Å². The van der Waals surface area contributed by atoms with Gasteiger partial charge >= 0.3 is 0 Å². The summed E-state index contributed by atoms with van der Waals surface area (Å²) in [6, 6.07) is 6.19. The predicted molar refractivity (Wildman–Crippen MR) is 71.0 cm³/mol. The second kappa shape index (κ2) is 5.09. The molecule has 0 aliphatic carbocycles. The highest BCUT2D eigenvalue weighted by atomic mass is 32.2. The lowest BCUT2D eigenvalue weighted by atomic mass is 9.94. The molecule has 3 N–H and O–H groups in total. The minimum atomic E-state index is -4.14. The number of benzene rings is 1. The third-order valence-corrected chi connectivity index (χ3v) is 4.90. The van der Waals surface area contributed by atoms with Gasteiger partial charge in [-0.2, -0.15) is 8.42 Å². The molecule has 2 unspecified atom stereocenters. The lowest BCUT2D eigenvalue weighted by molar-refractivity contribution is 0.0630. The predicted octanol–water partition coefficient (Wildman–Crippen LogP) is -0.176. The van der Waals surface area contributed by atoms with E-state index in [1.54, 1.807) is 12.1 Å². The van der Waals surface area contributed by atoms with Gasteiger partial charge in [0.15, 0.2) is 0 Å². The SMILES string of the molecule is O=S(=O)(O)c1ccc(CC2CN[C@@H]3C(O)CO[C@@H]23)cc1. The third-order valence-electron chi connectivity index (χ3n) is 4.03. The van der Waals surface area contributed by atoms with Crippen molar-refractivity contribution >= 4 is 10.1 Å². The maximum Gasteiger partial charge on any atom is 0.294 e. The number of aliphatic hydroxyl groups excluding tert-OH is 1. The first-order valence-electron chi connectivity index (χ1n) is 6.54. The largest absolute Gasteiger partial charge is 0.389 e. The van der Waals surface area contributed by atoms with E-state index < -0.39 is 16.2 Å². The molecule has 110 valence electrons. The summed E-state index contributed by atoms with van der Waals surface area (Å²) in [7, 11) is -4.14. The Balaban J connectivity index is 1.70. The van der Waals surface area contributed by atoms with Gasteiger partial charge in [0.05, 0.1) is 29.8 Å². The van der Waals surface area contributed by atoms with Crippen molar-refractivity contribution in [1.29, 1.82) is 0 Å². The average molecular weight is 299 g/mol. The summed E-state index contributed by atoms with van der Waals surface area (Å²) in [6.45, 7) is 1.13. The molecule has 2 fully saturated rings. The molecule has 4 atom stereocenters. The van der Waals surface area contributed by atoms with Gasteiger partial charge in [0, 0.05) is 12.5 Å². The molecule has 2 heterocycles. The van der Waals surface area contributed by atoms with E-state index in [4.69, 9.17) is 9.29 Å². The fraction of sp³-hybridized carbons (Fsp3) is 0.538. The van der Waals surface area contributed by atoms with Crippen LogP contribution in [0.1, 0.15) is 5.56 Å². The molecule has 2 saturated heterocycles. The molecule has 0 bridgehead atoms. The number of ether oxygens (including phenoxy) is 1. The number of rotatable bonds is 3. The van der Waals surface area contributed by atoms with Crippen LogP contribution in [0, 0.1) is 5.92 Å². The lowest BCUT2D eigenvalue weighted by Gasteiger charge is -2.17. The number of hydrogen-bond acceptors (Lipinski definition) is 5. The van der Waals surface area contributed by atoms with E-state index in [0.29, 0.717) is 6.61 Å². The van der Waals surface area contributed by atoms with E-state index in [0.717, 1.165) is 18.5 Å². The Morgan fingerprint density at radius 2 is 2.00 bits per heavy atom. The molecule has 0 spiro atoms. The van der Waals surface area contributed by atoms with Gasteiger partial charge in [-0.3, -0.25) is 4.55 Å². The summed E-state index contributed by atoms with van der Waals surface area (Å²) < 4.78 is 36.5. The maximum atomic E-state index is 11.0. The number of hydrogen-bond donors (Lipinski definition) is 3. The van der Waals surface area contributed by atoms with Crippen molar-refractivity contribution in [3.05, 3.63) is 29.8 Å². The van der Waals surface area contributed by atoms with Gasteiger partial charge in [-0.25, -0.2) is 0 Å². The highest BCUT2D eigenvalue weighted by Crippen LogP contribution is 2.29. The molecular formula is C13H17NO5S. The van der Waals surface area contributed by atoms with Gasteiger partial charge in [-0.15, -0.1) is 0 Å². The molecule has 0 aromatic heterocycles. The number of fused-ring (bicyclic) bond motifs is 1. The molecule has 2 aliphatic rings. The molecule has 7 heteroatoms. The van der Waals surface area contributed by atoms with Gasteiger partial charge in [-0.05, 0) is 24.1 Å². The van der Waals surface area contributed by atoms with Crippen LogP contribution in [0.2, 0.25) is 0 Å². The topological polar surface area (TPSA) is 95.9 Å². The Kier molecular flexibility index (Phi) is 3.55. The first-order chi connectivity index (χ1) is 9.45. The van der Waals surface area contributed by atoms with Crippen molar-refractivity contribution in [2.75, 3.05) is 13.2 Å². The first-order valence-corrected chi connectivity index (χ1v) is 7.98. The summed E-state index contributed by atoms with van der Waals surface area (Å²) in [6.07, 6.45) is 0.297. The van der Waals surface area contributed by atoms with E-state index in [1.165, 1.54) is 12.1 Å². The van der Waals surface area contributed by atoms with Crippen LogP contribution < -0.4 is 5.32 Å². The third kappa shape index (κ3) is 2.59. The Hall–Kier alpha value is -0.990. The van der Waals surface area contributed by atoms with Gasteiger partial charge in [0.2, 0.25) is 0 Å². The van der Waals surface area contributed by atoms with E-state index >= 15 is 0 Å². The minimum absolute atomic E-state index is 0.00269. The standard InChI is InChI=1S/C13H17NO5S/c15-11-7-19-13-9(6-14-12(11)13)5-8-1-3-10(4-2-8)20(16,17)18/h1-4,9,11-15H,5-7H2,(H,16,17,18)/t9?,11?,12-,13+/m1/s1. The van der Waals surface area contributed by atoms with Crippen LogP contribution in [0.4, 0.5) is 0 Å². The van der Waals surface area contributed by atoms with Gasteiger partial charge < -0.3 is 15.2 Å². The molecule has 1 aromatic carbocycles. The Labute approximate surface area is 117 Å². The highest BCUT2D eigenvalue weighted by Gasteiger charge is 2.45. The van der Waals surface area contributed by atoms with E-state index in [1.807, 2.05) is 0 Å². The highest BCUT2D eigenvalue weighted by molar-refractivity contribution is 7.85. The summed E-state index contributed by atoms with van der Waals surface area (Å²) in [5.41, 5.74) is 0.981. The number of aliphatic hydroxyl groups is 1. The smallest absolute Gasteiger partial charge is 0.294 e. The van der Waals surface area contributed by atoms with E-state index in [2.05, 4.69) is 5.32 Å². The van der Waals surface area contributed by atoms with Gasteiger partial charge in [0.25, 0.3) is 10.1 Å². The molecule has 0 saturated carbocycles. The van der Waals surface area contributed by atoms with Crippen LogP contribution in [0.15, 0.2) is 29.2 Å². The zero-order valence-electron chi connectivity index (χ0n) is 10.8. The Morgan fingerprint density at radius 3 is 2.65 bits per heavy atom. The second-order valence-electron chi connectivity index (χ2n) is 5.38. The van der Waals surface area contributed by atoms with Crippen molar-refractivity contribution in [3.8, 4) is 0 Å². The molecule has 6 nitrogen and oxygen atoms in total. The van der Waals surface area contributed by atoms with Crippen molar-refractivity contribution in [2.24, 2.45) is 5.92 Å². The molecule has 20 heavy (non-hydrogen) atoms. The van der Waals surface area contributed by atoms with Crippen LogP contribution >= 0.6 is 0 Å². The fourth-order valence-corrected chi connectivity index (χ4v) is 3.49. The molecular weight excluding hydrogens is 282 g/mol. The summed E-state index contributed by atoms with van der Waals surface area (Å²) in [4.78, 5) is -0.101. The Morgan fingerprint density at radius 1 is 1.30 bits per heavy atom. The Bertz CT molecular complexity index is 585. The van der Waals surface area contributed by atoms with Crippen LogP contribution in [0.3, 0.4) is 0 Å². The van der Waals surface area contributed by atoms with Crippen LogP contribution in [-0.2, 0) is 21.3 Å². The lowest BCUT2D eigenvalue weighted by Crippen LogP contribution is -2.36. The molecule has 3 rings (SSSR count). The number of nitrogens with one attached hydrogen (secondary N) is 1. The normalized spacial score (nSPS) is 33.3. The fourth-order valence-electron chi connectivity index (χ4n) is 3.01. The second-order valence-corrected chi connectivity index (χ2v) is 6.80. The minimum Gasteiger partial charge on any atom is -0.389 e. The van der Waals surface area contributed by atoms with Gasteiger partial charge in [0.1, 0.15) is 0 Å². The monoisotopic (exact) mass is 299 g/mol. The summed E-state index contributed by atoms with van der Waals surface area (Å²) in [5, 5.41) is 13.0. The van der Waals surface area contributed by atoms with Crippen molar-refractivity contribution in [3.63, 3.8) is 0 Å². The van der Waals surface area contributed by atoms with Crippen LogP contribution in [0.25, 0.3) is 0 Å². The van der Waals surface area contributed by atoms with Crippen LogP contribution in [-0.4, -0.2) is 49.5 Å². The van der Waals surface area contributed by atoms with E-state index in [-0.39, 0.29) is 23.0 Å².